The van der Waals surface area contributed by atoms with Crippen molar-refractivity contribution in [3.8, 4) is 0 Å². The number of rotatable bonds is 4. The summed E-state index contributed by atoms with van der Waals surface area (Å²) < 4.78 is 19.7. The van der Waals surface area contributed by atoms with E-state index in [1.165, 1.54) is 22.4 Å². The van der Waals surface area contributed by atoms with E-state index in [1.54, 1.807) is 12.1 Å². The van der Waals surface area contributed by atoms with Gasteiger partial charge in [0.15, 0.2) is 0 Å². The molecule has 1 saturated heterocycles. The van der Waals surface area contributed by atoms with Crippen LogP contribution in [0.15, 0.2) is 66.7 Å². The zero-order valence-electron chi connectivity index (χ0n) is 16.3. The van der Waals surface area contributed by atoms with Crippen molar-refractivity contribution in [1.29, 1.82) is 0 Å². The molecule has 3 aromatic carbocycles. The molecule has 0 saturated carbocycles. The molecule has 1 aliphatic heterocycles. The number of ether oxygens (including phenoxy) is 1. The van der Waals surface area contributed by atoms with Crippen LogP contribution in [0.5, 0.6) is 0 Å². The van der Waals surface area contributed by atoms with E-state index in [9.17, 15) is 14.3 Å². The summed E-state index contributed by atoms with van der Waals surface area (Å²) in [6.45, 7) is 3.16. The molecule has 1 aliphatic rings. The maximum Gasteiger partial charge on any atom is 0.407 e. The first-order valence-corrected chi connectivity index (χ1v) is 9.84. The first-order valence-electron chi connectivity index (χ1n) is 9.84. The van der Waals surface area contributed by atoms with E-state index in [0.29, 0.717) is 19.7 Å². The Morgan fingerprint density at radius 2 is 1.79 bits per heavy atom. The van der Waals surface area contributed by atoms with Gasteiger partial charge in [-0.2, -0.15) is 0 Å². The monoisotopic (exact) mass is 393 g/mol. The van der Waals surface area contributed by atoms with Gasteiger partial charge in [0.05, 0.1) is 19.3 Å². The first kappa shape index (κ1) is 19.4. The van der Waals surface area contributed by atoms with Gasteiger partial charge in [0.2, 0.25) is 0 Å². The van der Waals surface area contributed by atoms with Gasteiger partial charge in [-0.1, -0.05) is 55.5 Å². The molecule has 0 aromatic heterocycles. The van der Waals surface area contributed by atoms with Gasteiger partial charge in [-0.25, -0.2) is 9.18 Å². The van der Waals surface area contributed by atoms with Crippen molar-refractivity contribution in [2.24, 2.45) is 5.92 Å². The molecular weight excluding hydrogens is 369 g/mol. The average Bonchev–Trinajstić information content (AvgIpc) is 2.72. The summed E-state index contributed by atoms with van der Waals surface area (Å²) in [7, 11) is 0. The molecule has 0 bridgehead atoms. The van der Waals surface area contributed by atoms with Gasteiger partial charge in [0.1, 0.15) is 5.82 Å². The molecule has 4 nitrogen and oxygen atoms in total. The maximum absolute atomic E-state index is 13.4. The molecule has 0 radical (unpaired) electrons. The Morgan fingerprint density at radius 3 is 2.52 bits per heavy atom. The first-order chi connectivity index (χ1) is 14.0. The summed E-state index contributed by atoms with van der Waals surface area (Å²) in [5.74, 6) is -0.212. The lowest BCUT2D eigenvalue weighted by atomic mass is 9.79. The number of hydrogen-bond acceptors (Lipinski definition) is 2. The molecule has 29 heavy (non-hydrogen) atoms. The number of nitrogens with zero attached hydrogens (tertiary/aromatic N) is 1. The molecular formula is C24H24FNO3. The van der Waals surface area contributed by atoms with Gasteiger partial charge in [0.25, 0.3) is 0 Å². The molecule has 1 amide bonds. The van der Waals surface area contributed by atoms with Crippen LogP contribution in [-0.2, 0) is 11.3 Å². The molecule has 4 rings (SSSR count). The average molecular weight is 393 g/mol. The number of piperidine rings is 1. The Bertz CT molecular complexity index is 1000. The fourth-order valence-corrected chi connectivity index (χ4v) is 4.31. The summed E-state index contributed by atoms with van der Waals surface area (Å²) in [4.78, 5) is 13.0. The molecule has 5 heteroatoms. The van der Waals surface area contributed by atoms with Crippen molar-refractivity contribution in [1.82, 2.24) is 4.90 Å². The molecule has 150 valence electrons. The van der Waals surface area contributed by atoms with Crippen LogP contribution in [0.25, 0.3) is 10.8 Å². The highest BCUT2D eigenvalue weighted by atomic mass is 19.1. The number of benzene rings is 3. The van der Waals surface area contributed by atoms with Crippen molar-refractivity contribution >= 4 is 16.9 Å². The Kier molecular flexibility index (Phi) is 5.49. The second-order valence-electron chi connectivity index (χ2n) is 7.77. The molecule has 1 heterocycles. The summed E-state index contributed by atoms with van der Waals surface area (Å²) in [6.07, 6.45) is -1.24. The lowest BCUT2D eigenvalue weighted by Crippen LogP contribution is -2.50. The van der Waals surface area contributed by atoms with Gasteiger partial charge < -0.3 is 14.7 Å². The molecule has 3 unspecified atom stereocenters. The Labute approximate surface area is 169 Å². The highest BCUT2D eigenvalue weighted by molar-refractivity contribution is 5.82. The quantitative estimate of drug-likeness (QED) is 0.656. The summed E-state index contributed by atoms with van der Waals surface area (Å²) in [5.41, 5.74) is 2.02. The second kappa shape index (κ2) is 8.21. The lowest BCUT2D eigenvalue weighted by molar-refractivity contribution is -0.0365. The normalized spacial score (nSPS) is 22.0. The van der Waals surface area contributed by atoms with E-state index in [-0.39, 0.29) is 23.8 Å². The molecule has 3 atom stereocenters. The predicted octanol–water partition coefficient (Wildman–Crippen LogP) is 5.28. The Hall–Kier alpha value is -2.92. The molecule has 0 spiro atoms. The van der Waals surface area contributed by atoms with Crippen LogP contribution >= 0.6 is 0 Å². The Morgan fingerprint density at radius 1 is 1.07 bits per heavy atom. The minimum Gasteiger partial charge on any atom is -0.465 e. The fraction of sp³-hybridized carbons (Fsp3) is 0.292. The van der Waals surface area contributed by atoms with Crippen molar-refractivity contribution in [3.63, 3.8) is 0 Å². The zero-order valence-corrected chi connectivity index (χ0v) is 16.3. The summed E-state index contributed by atoms with van der Waals surface area (Å²) >= 11 is 0. The number of fused-ring (bicyclic) bond motifs is 1. The van der Waals surface area contributed by atoms with E-state index in [1.807, 2.05) is 25.1 Å². The molecule has 3 aromatic rings. The standard InChI is InChI=1S/C24H24FNO3/c1-16-13-26(24(27)28)14-22(23(16)19-8-10-21(25)11-9-19)29-15-17-6-7-18-4-2-3-5-20(18)12-17/h2-12,16,22-23H,13-15H2,1H3,(H,27,28). The number of halogens is 1. The van der Waals surface area contributed by atoms with Gasteiger partial charge in [-0.05, 0) is 46.0 Å². The van der Waals surface area contributed by atoms with Crippen LogP contribution in [-0.4, -0.2) is 35.3 Å². The van der Waals surface area contributed by atoms with Crippen LogP contribution in [0.2, 0.25) is 0 Å². The molecule has 0 aliphatic carbocycles. The summed E-state index contributed by atoms with van der Waals surface area (Å²) in [5, 5.41) is 11.8. The van der Waals surface area contributed by atoms with E-state index >= 15 is 0 Å². The van der Waals surface area contributed by atoms with Crippen molar-refractivity contribution in [2.75, 3.05) is 13.1 Å². The van der Waals surface area contributed by atoms with Crippen molar-refractivity contribution in [2.45, 2.75) is 25.6 Å². The number of amides is 1. The predicted molar refractivity (Wildman–Crippen MR) is 110 cm³/mol. The summed E-state index contributed by atoms with van der Waals surface area (Å²) in [6, 6.07) is 20.8. The van der Waals surface area contributed by atoms with Gasteiger partial charge in [-0.15, -0.1) is 0 Å². The lowest BCUT2D eigenvalue weighted by Gasteiger charge is -2.41. The maximum atomic E-state index is 13.4. The second-order valence-corrected chi connectivity index (χ2v) is 7.77. The molecule has 1 fully saturated rings. The Balaban J connectivity index is 1.57. The van der Waals surface area contributed by atoms with Crippen molar-refractivity contribution < 1.29 is 19.0 Å². The third kappa shape index (κ3) is 4.25. The van der Waals surface area contributed by atoms with Crippen LogP contribution in [0.3, 0.4) is 0 Å². The van der Waals surface area contributed by atoms with E-state index in [4.69, 9.17) is 4.74 Å². The highest BCUT2D eigenvalue weighted by Gasteiger charge is 2.38. The van der Waals surface area contributed by atoms with Gasteiger partial charge in [-0.3, -0.25) is 0 Å². The fourth-order valence-electron chi connectivity index (χ4n) is 4.31. The highest BCUT2D eigenvalue weighted by Crippen LogP contribution is 2.35. The largest absolute Gasteiger partial charge is 0.465 e. The van der Waals surface area contributed by atoms with E-state index in [0.717, 1.165) is 16.5 Å². The van der Waals surface area contributed by atoms with Gasteiger partial charge in [0, 0.05) is 12.5 Å². The minimum atomic E-state index is -0.936. The minimum absolute atomic E-state index is 0.00616. The van der Waals surface area contributed by atoms with Crippen LogP contribution < -0.4 is 0 Å². The SMILES string of the molecule is CC1CN(C(=O)O)CC(OCc2ccc3ccccc3c2)C1c1ccc(F)cc1. The number of hydrogen-bond donors (Lipinski definition) is 1. The van der Waals surface area contributed by atoms with Gasteiger partial charge >= 0.3 is 6.09 Å². The van der Waals surface area contributed by atoms with Crippen LogP contribution in [0.1, 0.15) is 24.0 Å². The number of likely N-dealkylation sites (tertiary alicyclic amines) is 1. The number of carboxylic acid groups (broad SMARTS) is 1. The van der Waals surface area contributed by atoms with Crippen LogP contribution in [0, 0.1) is 11.7 Å². The van der Waals surface area contributed by atoms with Crippen molar-refractivity contribution in [3.05, 3.63) is 83.7 Å². The van der Waals surface area contributed by atoms with E-state index < -0.39 is 6.09 Å². The van der Waals surface area contributed by atoms with Crippen LogP contribution in [0.4, 0.5) is 9.18 Å². The third-order valence-electron chi connectivity index (χ3n) is 5.73. The van der Waals surface area contributed by atoms with E-state index in [2.05, 4.69) is 24.3 Å². The third-order valence-corrected chi connectivity index (χ3v) is 5.73. The molecule has 1 N–H and O–H groups in total. The smallest absolute Gasteiger partial charge is 0.407 e. The number of carbonyl (C=O) groups is 1. The topological polar surface area (TPSA) is 49.8 Å². The zero-order chi connectivity index (χ0) is 20.4.